The molecule has 0 radical (unpaired) electrons. The monoisotopic (exact) mass is 494 g/mol. The second-order valence-electron chi connectivity index (χ2n) is 8.30. The van der Waals surface area contributed by atoms with Crippen molar-refractivity contribution in [3.05, 3.63) is 53.5 Å². The Hall–Kier alpha value is -4.25. The average molecular weight is 495 g/mol. The van der Waals surface area contributed by atoms with E-state index in [2.05, 4.69) is 15.5 Å². The minimum Gasteiger partial charge on any atom is -0.504 e. The van der Waals surface area contributed by atoms with Crippen molar-refractivity contribution in [3.8, 4) is 34.4 Å². The third-order valence-corrected chi connectivity index (χ3v) is 6.15. The lowest BCUT2D eigenvalue weighted by Crippen LogP contribution is -2.46. The Labute approximate surface area is 207 Å². The summed E-state index contributed by atoms with van der Waals surface area (Å²) in [6, 6.07) is 9.44. The number of amides is 2. The molecule has 0 bridgehead atoms. The van der Waals surface area contributed by atoms with E-state index >= 15 is 0 Å². The molecular weight excluding hydrogens is 468 g/mol. The number of aromatic hydroxyl groups is 1. The number of ether oxygens (including phenoxy) is 4. The van der Waals surface area contributed by atoms with E-state index in [0.717, 1.165) is 0 Å². The molecule has 3 heterocycles. The largest absolute Gasteiger partial charge is 0.504 e. The maximum atomic E-state index is 13.1. The van der Waals surface area contributed by atoms with Crippen molar-refractivity contribution in [2.45, 2.75) is 19.4 Å². The summed E-state index contributed by atoms with van der Waals surface area (Å²) in [5, 5.41) is 17.6. The lowest BCUT2D eigenvalue weighted by atomic mass is 9.94. The van der Waals surface area contributed by atoms with E-state index in [1.54, 1.807) is 42.3 Å². The number of rotatable bonds is 8. The van der Waals surface area contributed by atoms with Gasteiger partial charge in [-0.15, -0.1) is 0 Å². The smallest absolute Gasteiger partial charge is 0.322 e. The van der Waals surface area contributed by atoms with Crippen LogP contribution < -0.4 is 19.5 Å². The fourth-order valence-corrected chi connectivity index (χ4v) is 4.32. The molecule has 1 aromatic heterocycles. The molecule has 1 atom stereocenters. The maximum Gasteiger partial charge on any atom is 0.322 e. The van der Waals surface area contributed by atoms with E-state index in [0.29, 0.717) is 65.0 Å². The van der Waals surface area contributed by atoms with Crippen molar-refractivity contribution in [2.24, 2.45) is 0 Å². The van der Waals surface area contributed by atoms with Crippen LogP contribution in [0.2, 0.25) is 0 Å². The number of aromatic nitrogens is 2. The third-order valence-electron chi connectivity index (χ3n) is 6.15. The van der Waals surface area contributed by atoms with Crippen LogP contribution in [0.4, 0.5) is 4.79 Å². The molecular formula is C25H26N4O7. The van der Waals surface area contributed by atoms with Crippen molar-refractivity contribution >= 4 is 11.6 Å². The summed E-state index contributed by atoms with van der Waals surface area (Å²) in [5.41, 5.74) is 2.62. The number of nitrogens with zero attached hydrogens (tertiary/aromatic N) is 3. The first-order chi connectivity index (χ1) is 17.5. The Morgan fingerprint density at radius 1 is 1.17 bits per heavy atom. The van der Waals surface area contributed by atoms with Gasteiger partial charge in [0.15, 0.2) is 23.0 Å². The highest BCUT2D eigenvalue weighted by Gasteiger charge is 2.36. The van der Waals surface area contributed by atoms with Gasteiger partial charge in [-0.05, 0) is 49.2 Å². The van der Waals surface area contributed by atoms with Crippen molar-refractivity contribution in [1.29, 1.82) is 0 Å². The van der Waals surface area contributed by atoms with Gasteiger partial charge < -0.3 is 33.9 Å². The average Bonchev–Trinajstić information content (AvgIpc) is 3.55. The van der Waals surface area contributed by atoms with Gasteiger partial charge in [0.1, 0.15) is 0 Å². The number of hydrogen-bond donors (Lipinski definition) is 2. The first-order valence-electron chi connectivity index (χ1n) is 11.4. The number of fused-ring (bicyclic) bond motifs is 1. The summed E-state index contributed by atoms with van der Waals surface area (Å²) < 4.78 is 26.9. The molecule has 2 aliphatic rings. The molecule has 0 fully saturated rings. The number of phenols is 1. The standard InChI is InChI=1S/C25H26N4O7/c1-14-21(24-27-23(28-36-24)16-6-8-19-20(12-16)35-13-34-19)22(15-5-7-18(33-3)17(30)11-15)26-25(31)29(14)9-4-10-32-2/h5-8,11-12,22,30H,4,9-10,13H2,1-3H3,(H,26,31). The zero-order valence-electron chi connectivity index (χ0n) is 20.1. The molecule has 0 saturated carbocycles. The number of hydrogen-bond acceptors (Lipinski definition) is 9. The summed E-state index contributed by atoms with van der Waals surface area (Å²) in [6.07, 6.45) is 0.648. The van der Waals surface area contributed by atoms with Gasteiger partial charge in [-0.1, -0.05) is 11.2 Å². The van der Waals surface area contributed by atoms with Crippen LogP contribution in [-0.2, 0) is 4.74 Å². The highest BCUT2D eigenvalue weighted by Crippen LogP contribution is 2.40. The van der Waals surface area contributed by atoms with Gasteiger partial charge >= 0.3 is 6.03 Å². The molecule has 3 aromatic rings. The molecule has 2 N–H and O–H groups in total. The quantitative estimate of drug-likeness (QED) is 0.450. The van der Waals surface area contributed by atoms with Crippen LogP contribution in [0.25, 0.3) is 17.0 Å². The van der Waals surface area contributed by atoms with Gasteiger partial charge in [0.05, 0.1) is 18.7 Å². The van der Waals surface area contributed by atoms with Gasteiger partial charge in [0.25, 0.3) is 5.89 Å². The molecule has 0 spiro atoms. The maximum absolute atomic E-state index is 13.1. The summed E-state index contributed by atoms with van der Waals surface area (Å²) in [5.74, 6) is 2.15. The van der Waals surface area contributed by atoms with Crippen LogP contribution in [0.1, 0.15) is 30.8 Å². The zero-order valence-corrected chi connectivity index (χ0v) is 20.1. The number of nitrogens with one attached hydrogen (secondary N) is 1. The molecule has 2 amide bonds. The predicted octanol–water partition coefficient (Wildman–Crippen LogP) is 3.71. The number of urea groups is 1. The van der Waals surface area contributed by atoms with E-state index in [9.17, 15) is 9.90 Å². The van der Waals surface area contributed by atoms with Crippen LogP contribution in [0.3, 0.4) is 0 Å². The molecule has 2 aliphatic heterocycles. The predicted molar refractivity (Wildman–Crippen MR) is 128 cm³/mol. The SMILES string of the molecule is COCCCN1C(=O)NC(c2ccc(OC)c(O)c2)C(c2nc(-c3ccc4c(c3)OCO4)no2)=C1C. The van der Waals surface area contributed by atoms with E-state index in [1.165, 1.54) is 7.11 Å². The number of carbonyl (C=O) groups is 1. The van der Waals surface area contributed by atoms with Gasteiger partial charge in [-0.25, -0.2) is 4.79 Å². The first-order valence-corrected chi connectivity index (χ1v) is 11.4. The Morgan fingerprint density at radius 3 is 2.78 bits per heavy atom. The van der Waals surface area contributed by atoms with Gasteiger partial charge in [0.2, 0.25) is 12.6 Å². The highest BCUT2D eigenvalue weighted by atomic mass is 16.7. The van der Waals surface area contributed by atoms with E-state index in [1.807, 2.05) is 13.0 Å². The van der Waals surface area contributed by atoms with Gasteiger partial charge in [-0.2, -0.15) is 4.98 Å². The van der Waals surface area contributed by atoms with Crippen molar-refractivity contribution in [2.75, 3.05) is 34.2 Å². The molecule has 0 aliphatic carbocycles. The molecule has 2 aromatic carbocycles. The number of allylic oxidation sites excluding steroid dienone is 1. The zero-order chi connectivity index (χ0) is 25.2. The topological polar surface area (TPSA) is 128 Å². The van der Waals surface area contributed by atoms with Crippen molar-refractivity contribution in [3.63, 3.8) is 0 Å². The minimum atomic E-state index is -0.641. The molecule has 36 heavy (non-hydrogen) atoms. The van der Waals surface area contributed by atoms with E-state index < -0.39 is 6.04 Å². The molecule has 11 nitrogen and oxygen atoms in total. The second-order valence-corrected chi connectivity index (χ2v) is 8.30. The molecule has 188 valence electrons. The first kappa shape index (κ1) is 23.5. The van der Waals surface area contributed by atoms with Crippen LogP contribution in [0.15, 0.2) is 46.6 Å². The minimum absolute atomic E-state index is 0.0460. The number of phenolic OH excluding ortho intramolecular Hbond substituents is 1. The fraction of sp³-hybridized carbons (Fsp3) is 0.320. The number of carbonyl (C=O) groups excluding carboxylic acids is 1. The van der Waals surface area contributed by atoms with Crippen molar-refractivity contribution < 1.29 is 33.4 Å². The molecule has 0 saturated heterocycles. The third kappa shape index (κ3) is 4.29. The second kappa shape index (κ2) is 9.78. The molecule has 5 rings (SSSR count). The molecule has 1 unspecified atom stereocenters. The normalized spacial score (nSPS) is 16.9. The number of methoxy groups -OCH3 is 2. The van der Waals surface area contributed by atoms with Crippen molar-refractivity contribution in [1.82, 2.24) is 20.4 Å². The lowest BCUT2D eigenvalue weighted by molar-refractivity contribution is 0.173. The highest BCUT2D eigenvalue weighted by molar-refractivity contribution is 5.87. The molecule has 11 heteroatoms. The summed E-state index contributed by atoms with van der Waals surface area (Å²) >= 11 is 0. The Balaban J connectivity index is 1.55. The summed E-state index contributed by atoms with van der Waals surface area (Å²) in [4.78, 5) is 19.3. The van der Waals surface area contributed by atoms with Crippen LogP contribution in [0, 0.1) is 0 Å². The lowest BCUT2D eigenvalue weighted by Gasteiger charge is -2.35. The Kier molecular flexibility index (Phi) is 6.38. The fourth-order valence-electron chi connectivity index (χ4n) is 4.32. The number of benzene rings is 2. The van der Waals surface area contributed by atoms with Gasteiger partial charge in [0, 0.05) is 31.5 Å². The van der Waals surface area contributed by atoms with Crippen LogP contribution >= 0.6 is 0 Å². The van der Waals surface area contributed by atoms with E-state index in [4.69, 9.17) is 23.5 Å². The van der Waals surface area contributed by atoms with E-state index in [-0.39, 0.29) is 24.5 Å². The van der Waals surface area contributed by atoms with Crippen LogP contribution in [0.5, 0.6) is 23.0 Å². The Morgan fingerprint density at radius 2 is 2.00 bits per heavy atom. The van der Waals surface area contributed by atoms with Crippen LogP contribution in [-0.4, -0.2) is 60.3 Å². The summed E-state index contributed by atoms with van der Waals surface area (Å²) in [7, 11) is 3.09. The Bertz CT molecular complexity index is 1320. The summed E-state index contributed by atoms with van der Waals surface area (Å²) in [6.45, 7) is 2.95. The van der Waals surface area contributed by atoms with Gasteiger partial charge in [-0.3, -0.25) is 4.90 Å².